The normalized spacial score (nSPS) is 16.0. The number of rotatable bonds is 4. The fraction of sp³-hybridized carbons (Fsp3) is 0.192. The third-order valence-electron chi connectivity index (χ3n) is 6.15. The summed E-state index contributed by atoms with van der Waals surface area (Å²) in [5.41, 5.74) is 6.02. The average molecular weight is 438 g/mol. The molecule has 1 saturated heterocycles. The minimum absolute atomic E-state index is 0.00328. The van der Waals surface area contributed by atoms with Crippen LogP contribution in [0.15, 0.2) is 71.1 Å². The van der Waals surface area contributed by atoms with Crippen molar-refractivity contribution in [1.82, 2.24) is 19.9 Å². The van der Waals surface area contributed by atoms with E-state index < -0.39 is 0 Å². The van der Waals surface area contributed by atoms with Crippen LogP contribution < -0.4 is 5.32 Å². The molecule has 7 heteroatoms. The Labute approximate surface area is 190 Å². The van der Waals surface area contributed by atoms with E-state index in [9.17, 15) is 4.79 Å². The Kier molecular flexibility index (Phi) is 4.61. The molecule has 2 aromatic heterocycles. The van der Waals surface area contributed by atoms with E-state index in [1.165, 1.54) is 0 Å². The molecule has 1 aliphatic rings. The molecule has 0 bridgehead atoms. The maximum Gasteiger partial charge on any atom is 0.295 e. The summed E-state index contributed by atoms with van der Waals surface area (Å²) in [4.78, 5) is 27.9. The zero-order valence-corrected chi connectivity index (χ0v) is 18.2. The van der Waals surface area contributed by atoms with E-state index in [1.807, 2.05) is 78.6 Å². The number of likely N-dealkylation sites (tertiary alicyclic amines) is 1. The first-order valence-corrected chi connectivity index (χ1v) is 11.1. The predicted molar refractivity (Wildman–Crippen MR) is 128 cm³/mol. The molecule has 6 rings (SSSR count). The molecule has 1 amide bonds. The first-order chi connectivity index (χ1) is 16.1. The molecule has 0 radical (unpaired) electrons. The second-order valence-corrected chi connectivity index (χ2v) is 8.52. The van der Waals surface area contributed by atoms with Crippen molar-refractivity contribution in [3.8, 4) is 11.4 Å². The van der Waals surface area contributed by atoms with Gasteiger partial charge in [-0.25, -0.2) is 4.98 Å². The molecule has 1 atom stereocenters. The number of benzene rings is 3. The number of aryl methyl sites for hydroxylation is 1. The van der Waals surface area contributed by atoms with E-state index in [0.29, 0.717) is 30.5 Å². The monoisotopic (exact) mass is 437 g/mol. The topological polar surface area (TPSA) is 87.0 Å². The summed E-state index contributed by atoms with van der Waals surface area (Å²) in [6.45, 7) is 3.29. The van der Waals surface area contributed by atoms with Gasteiger partial charge in [-0.15, -0.1) is 0 Å². The Morgan fingerprint density at radius 2 is 1.91 bits per heavy atom. The molecule has 1 fully saturated rings. The van der Waals surface area contributed by atoms with Gasteiger partial charge < -0.3 is 19.6 Å². The van der Waals surface area contributed by atoms with E-state index in [2.05, 4.69) is 15.3 Å². The Balaban J connectivity index is 1.21. The van der Waals surface area contributed by atoms with E-state index in [4.69, 9.17) is 9.40 Å². The van der Waals surface area contributed by atoms with Crippen molar-refractivity contribution in [1.29, 1.82) is 0 Å². The number of aromatic nitrogens is 3. The fourth-order valence-electron chi connectivity index (χ4n) is 4.46. The van der Waals surface area contributed by atoms with Crippen LogP contribution in [-0.2, 0) is 0 Å². The summed E-state index contributed by atoms with van der Waals surface area (Å²) in [7, 11) is 0. The van der Waals surface area contributed by atoms with Crippen LogP contribution in [0.4, 0.5) is 6.01 Å². The second-order valence-electron chi connectivity index (χ2n) is 8.52. The molecule has 0 saturated carbocycles. The summed E-state index contributed by atoms with van der Waals surface area (Å²) >= 11 is 0. The van der Waals surface area contributed by atoms with Crippen LogP contribution in [0.25, 0.3) is 33.5 Å². The van der Waals surface area contributed by atoms with Gasteiger partial charge in [0.25, 0.3) is 11.9 Å². The molecule has 0 unspecified atom stereocenters. The molecule has 0 aliphatic carbocycles. The number of nitrogens with one attached hydrogen (secondary N) is 2. The molecule has 7 nitrogen and oxygen atoms in total. The van der Waals surface area contributed by atoms with Gasteiger partial charge in [0.15, 0.2) is 5.58 Å². The van der Waals surface area contributed by atoms with Gasteiger partial charge in [-0.3, -0.25) is 4.79 Å². The Bertz CT molecular complexity index is 1450. The molecule has 164 valence electrons. The summed E-state index contributed by atoms with van der Waals surface area (Å²) in [5.74, 6) is 0.708. The summed E-state index contributed by atoms with van der Waals surface area (Å²) in [6, 6.07) is 22.1. The minimum atomic E-state index is 0.00328. The highest BCUT2D eigenvalue weighted by Crippen LogP contribution is 2.27. The van der Waals surface area contributed by atoms with Gasteiger partial charge in [-0.2, -0.15) is 4.98 Å². The van der Waals surface area contributed by atoms with E-state index in [1.54, 1.807) is 0 Å². The van der Waals surface area contributed by atoms with Crippen molar-refractivity contribution in [3.05, 3.63) is 77.9 Å². The Morgan fingerprint density at radius 1 is 1.06 bits per heavy atom. The highest BCUT2D eigenvalue weighted by molar-refractivity contribution is 6.01. The molecule has 3 aromatic carbocycles. The van der Waals surface area contributed by atoms with Crippen LogP contribution in [0.3, 0.4) is 0 Å². The molecule has 2 N–H and O–H groups in total. The number of oxazole rings is 1. The summed E-state index contributed by atoms with van der Waals surface area (Å²) < 4.78 is 5.86. The number of H-pyrrole nitrogens is 1. The number of anilines is 1. The Morgan fingerprint density at radius 3 is 2.82 bits per heavy atom. The fourth-order valence-corrected chi connectivity index (χ4v) is 4.46. The van der Waals surface area contributed by atoms with Gasteiger partial charge in [0.05, 0.1) is 16.6 Å². The van der Waals surface area contributed by atoms with Gasteiger partial charge in [0.2, 0.25) is 0 Å². The average Bonchev–Trinajstić information content (AvgIpc) is 3.56. The standard InChI is InChI=1S/C26H23N5O2/c1-16-10-11-22-23(14-16)33-26(30-22)27-17-12-13-31(15-17)25(32)19-7-3-2-6-18(19)24-28-20-8-4-5-9-21(20)29-24/h2-11,14,17H,12-13,15H2,1H3,(H,27,30)(H,28,29)/t17-/m1/s1. The van der Waals surface area contributed by atoms with Crippen LogP contribution in [0.1, 0.15) is 22.3 Å². The lowest BCUT2D eigenvalue weighted by atomic mass is 10.1. The second kappa shape index (κ2) is 7.78. The number of nitrogens with zero attached hydrogens (tertiary/aromatic N) is 3. The lowest BCUT2D eigenvalue weighted by molar-refractivity contribution is 0.0792. The summed E-state index contributed by atoms with van der Waals surface area (Å²) in [6.07, 6.45) is 0.830. The maximum absolute atomic E-state index is 13.5. The van der Waals surface area contributed by atoms with Crippen molar-refractivity contribution >= 4 is 34.1 Å². The van der Waals surface area contributed by atoms with Crippen LogP contribution in [-0.4, -0.2) is 44.9 Å². The largest absolute Gasteiger partial charge is 0.424 e. The van der Waals surface area contributed by atoms with Gasteiger partial charge in [-0.1, -0.05) is 36.4 Å². The van der Waals surface area contributed by atoms with Crippen molar-refractivity contribution in [2.45, 2.75) is 19.4 Å². The van der Waals surface area contributed by atoms with Gasteiger partial charge >= 0.3 is 0 Å². The van der Waals surface area contributed by atoms with E-state index in [-0.39, 0.29) is 11.9 Å². The van der Waals surface area contributed by atoms with Crippen molar-refractivity contribution in [3.63, 3.8) is 0 Å². The Hall–Kier alpha value is -4.13. The quantitative estimate of drug-likeness (QED) is 0.413. The molecule has 3 heterocycles. The zero-order chi connectivity index (χ0) is 22.4. The number of carbonyl (C=O) groups is 1. The number of hydrogen-bond donors (Lipinski definition) is 2. The van der Waals surface area contributed by atoms with Crippen molar-refractivity contribution in [2.75, 3.05) is 18.4 Å². The van der Waals surface area contributed by atoms with Crippen molar-refractivity contribution < 1.29 is 9.21 Å². The highest BCUT2D eigenvalue weighted by atomic mass is 16.4. The minimum Gasteiger partial charge on any atom is -0.424 e. The number of hydrogen-bond acceptors (Lipinski definition) is 5. The number of aromatic amines is 1. The smallest absolute Gasteiger partial charge is 0.295 e. The number of carbonyl (C=O) groups excluding carboxylic acids is 1. The lowest BCUT2D eigenvalue weighted by Crippen LogP contribution is -2.32. The van der Waals surface area contributed by atoms with Crippen LogP contribution in [0.2, 0.25) is 0 Å². The SMILES string of the molecule is Cc1ccc2nc(N[C@@H]3CCN(C(=O)c4ccccc4-c4nc5ccccc5[nH]4)C3)oc2c1. The zero-order valence-electron chi connectivity index (χ0n) is 18.2. The van der Waals surface area contributed by atoms with Crippen LogP contribution in [0, 0.1) is 6.92 Å². The highest BCUT2D eigenvalue weighted by Gasteiger charge is 2.29. The molecular weight excluding hydrogens is 414 g/mol. The molecule has 33 heavy (non-hydrogen) atoms. The van der Waals surface area contributed by atoms with Gasteiger partial charge in [0.1, 0.15) is 11.3 Å². The molecule has 1 aliphatic heterocycles. The first-order valence-electron chi connectivity index (χ1n) is 11.1. The number of para-hydroxylation sites is 2. The third kappa shape index (κ3) is 3.61. The van der Waals surface area contributed by atoms with Crippen molar-refractivity contribution in [2.24, 2.45) is 0 Å². The molecule has 0 spiro atoms. The predicted octanol–water partition coefficient (Wildman–Crippen LogP) is 5.01. The number of imidazole rings is 1. The van der Waals surface area contributed by atoms with E-state index >= 15 is 0 Å². The van der Waals surface area contributed by atoms with Gasteiger partial charge in [-0.05, 0) is 49.2 Å². The first kappa shape index (κ1) is 19.5. The summed E-state index contributed by atoms with van der Waals surface area (Å²) in [5, 5.41) is 3.36. The van der Waals surface area contributed by atoms with E-state index in [0.717, 1.165) is 39.7 Å². The third-order valence-corrected chi connectivity index (χ3v) is 6.15. The van der Waals surface area contributed by atoms with Crippen LogP contribution in [0.5, 0.6) is 0 Å². The van der Waals surface area contributed by atoms with Crippen LogP contribution >= 0.6 is 0 Å². The molecular formula is C26H23N5O2. The van der Waals surface area contributed by atoms with Gasteiger partial charge in [0, 0.05) is 24.7 Å². The number of amides is 1. The maximum atomic E-state index is 13.5. The number of fused-ring (bicyclic) bond motifs is 2. The lowest BCUT2D eigenvalue weighted by Gasteiger charge is -2.18. The molecule has 5 aromatic rings.